The summed E-state index contributed by atoms with van der Waals surface area (Å²) in [4.78, 5) is 45.3. The number of amides is 2. The molecule has 0 aliphatic carbocycles. The molecule has 8 nitrogen and oxygen atoms in total. The number of benzene rings is 2. The number of carbonyl (C=O) groups is 3. The van der Waals surface area contributed by atoms with E-state index >= 15 is 0 Å². The highest BCUT2D eigenvalue weighted by Gasteiger charge is 2.46. The maximum Gasteiger partial charge on any atom is 0.314 e. The zero-order chi connectivity index (χ0) is 27.3. The molecule has 0 radical (unpaired) electrons. The van der Waals surface area contributed by atoms with Crippen molar-refractivity contribution in [2.24, 2.45) is 11.1 Å². The Morgan fingerprint density at radius 1 is 1.13 bits per heavy atom. The maximum absolute atomic E-state index is 14.1. The summed E-state index contributed by atoms with van der Waals surface area (Å²) in [5.41, 5.74) is 6.96. The topological polar surface area (TPSA) is 118 Å². The molecule has 3 aromatic rings. The zero-order valence-electron chi connectivity index (χ0n) is 22.9. The molecule has 1 aromatic heterocycles. The number of nitrogens with zero attached hydrogens (tertiary/aromatic N) is 1. The van der Waals surface area contributed by atoms with Gasteiger partial charge in [0.2, 0.25) is 11.8 Å². The number of H-pyrrole nitrogens is 1. The highest BCUT2D eigenvalue weighted by molar-refractivity contribution is 5.93. The number of para-hydroxylation sites is 1. The quantitative estimate of drug-likeness (QED) is 0.348. The molecule has 0 bridgehead atoms. The first-order chi connectivity index (χ1) is 18.1. The van der Waals surface area contributed by atoms with Gasteiger partial charge in [-0.25, -0.2) is 0 Å². The molecule has 1 aliphatic heterocycles. The molecule has 2 aromatic carbocycles. The van der Waals surface area contributed by atoms with Crippen LogP contribution in [0.5, 0.6) is 0 Å². The Kier molecular flexibility index (Phi) is 9.80. The Bertz CT molecular complexity index is 1290. The molecule has 1 aliphatic rings. The normalized spacial score (nSPS) is 18.2. The Morgan fingerprint density at radius 2 is 1.82 bits per heavy atom. The van der Waals surface area contributed by atoms with Crippen LogP contribution in [0.2, 0.25) is 0 Å². The fourth-order valence-electron chi connectivity index (χ4n) is 5.26. The monoisotopic (exact) mass is 554 g/mol. The number of carbonyl (C=O) groups excluding carboxylic acids is 3. The van der Waals surface area contributed by atoms with Crippen LogP contribution in [0.25, 0.3) is 10.9 Å². The first-order valence-corrected chi connectivity index (χ1v) is 13.3. The van der Waals surface area contributed by atoms with Gasteiger partial charge in [-0.2, -0.15) is 0 Å². The lowest BCUT2D eigenvalue weighted by Crippen LogP contribution is -2.59. The van der Waals surface area contributed by atoms with Gasteiger partial charge in [0.05, 0.1) is 17.6 Å². The van der Waals surface area contributed by atoms with E-state index in [1.165, 1.54) is 0 Å². The van der Waals surface area contributed by atoms with Crippen LogP contribution >= 0.6 is 12.4 Å². The van der Waals surface area contributed by atoms with E-state index in [1.807, 2.05) is 60.8 Å². The van der Waals surface area contributed by atoms with Gasteiger partial charge in [-0.3, -0.25) is 14.4 Å². The highest BCUT2D eigenvalue weighted by atomic mass is 35.5. The number of halogens is 1. The molecular formula is C30H39ClN4O4. The van der Waals surface area contributed by atoms with E-state index in [0.717, 1.165) is 22.0 Å². The molecule has 2 atom stereocenters. The summed E-state index contributed by atoms with van der Waals surface area (Å²) < 4.78 is 5.52. The summed E-state index contributed by atoms with van der Waals surface area (Å²) in [6.07, 6.45) is 3.94. The second kappa shape index (κ2) is 12.7. The second-order valence-electron chi connectivity index (χ2n) is 10.8. The van der Waals surface area contributed by atoms with E-state index in [-0.39, 0.29) is 37.4 Å². The smallest absolute Gasteiger partial charge is 0.314 e. The van der Waals surface area contributed by atoms with Gasteiger partial charge >= 0.3 is 5.97 Å². The van der Waals surface area contributed by atoms with Crippen molar-refractivity contribution in [2.45, 2.75) is 58.0 Å². The van der Waals surface area contributed by atoms with Gasteiger partial charge in [-0.05, 0) is 57.2 Å². The van der Waals surface area contributed by atoms with Gasteiger partial charge in [0, 0.05) is 36.6 Å². The van der Waals surface area contributed by atoms with Gasteiger partial charge in [0.15, 0.2) is 0 Å². The molecule has 0 unspecified atom stereocenters. The van der Waals surface area contributed by atoms with Crippen LogP contribution in [0.1, 0.15) is 44.7 Å². The zero-order valence-corrected chi connectivity index (χ0v) is 23.7. The number of aromatic nitrogens is 1. The number of ether oxygens (including phenoxy) is 1. The van der Waals surface area contributed by atoms with Crippen LogP contribution in [0.4, 0.5) is 0 Å². The Balaban J connectivity index is 0.00000420. The summed E-state index contributed by atoms with van der Waals surface area (Å²) in [6, 6.07) is 16.8. The number of aromatic amines is 1. The highest BCUT2D eigenvalue weighted by Crippen LogP contribution is 2.36. The summed E-state index contributed by atoms with van der Waals surface area (Å²) in [7, 11) is 0. The first kappa shape index (κ1) is 30.2. The van der Waals surface area contributed by atoms with Crippen LogP contribution in [0, 0.1) is 5.41 Å². The van der Waals surface area contributed by atoms with E-state index in [9.17, 15) is 14.4 Å². The molecule has 4 rings (SSSR count). The second-order valence-corrected chi connectivity index (χ2v) is 10.8. The molecule has 9 heteroatoms. The minimum atomic E-state index is -1.15. The van der Waals surface area contributed by atoms with Gasteiger partial charge in [-0.1, -0.05) is 48.5 Å². The van der Waals surface area contributed by atoms with Crippen LogP contribution in [-0.2, 0) is 32.0 Å². The Hall–Kier alpha value is -3.36. The van der Waals surface area contributed by atoms with E-state index in [1.54, 1.807) is 25.7 Å². The molecule has 1 fully saturated rings. The standard InChI is InChI=1S/C30H38N4O4.ClH/c1-4-38-28(37)30(18-21-11-6-5-7-12-21)15-10-16-34(20-30)26(35)25(33-27(36)29(2,3)31)17-22-19-32-24-14-9-8-13-23(22)24;/h5-9,11-14,19,25,32H,4,10,15-18,20,31H2,1-3H3,(H,33,36);1H/t25-,30+;/m1./s1. The minimum absolute atomic E-state index is 0. The lowest BCUT2D eigenvalue weighted by Gasteiger charge is -2.42. The van der Waals surface area contributed by atoms with Crippen molar-refractivity contribution < 1.29 is 19.1 Å². The number of esters is 1. The SMILES string of the molecule is CCOC(=O)[C@]1(Cc2ccccc2)CCCN(C(=O)[C@@H](Cc2c[nH]c3ccccc23)NC(=O)C(C)(C)N)C1.Cl. The molecule has 2 amide bonds. The number of nitrogens with two attached hydrogens (primary N) is 1. The van der Waals surface area contributed by atoms with E-state index in [0.29, 0.717) is 32.2 Å². The average molecular weight is 555 g/mol. The average Bonchev–Trinajstić information content (AvgIpc) is 3.31. The van der Waals surface area contributed by atoms with Crippen LogP contribution in [0.3, 0.4) is 0 Å². The van der Waals surface area contributed by atoms with Crippen LogP contribution < -0.4 is 11.1 Å². The van der Waals surface area contributed by atoms with Crippen molar-refractivity contribution >= 4 is 41.1 Å². The van der Waals surface area contributed by atoms with Crippen LogP contribution in [0.15, 0.2) is 60.8 Å². The molecule has 210 valence electrons. The largest absolute Gasteiger partial charge is 0.466 e. The lowest BCUT2D eigenvalue weighted by atomic mass is 9.75. The number of hydrogen-bond acceptors (Lipinski definition) is 5. The van der Waals surface area contributed by atoms with E-state index in [4.69, 9.17) is 10.5 Å². The third-order valence-corrected chi connectivity index (χ3v) is 7.27. The van der Waals surface area contributed by atoms with E-state index in [2.05, 4.69) is 10.3 Å². The summed E-state index contributed by atoms with van der Waals surface area (Å²) in [6.45, 7) is 6.02. The van der Waals surface area contributed by atoms with Crippen LogP contribution in [-0.4, -0.2) is 58.9 Å². The number of fused-ring (bicyclic) bond motifs is 1. The number of likely N-dealkylation sites (tertiary alicyclic amines) is 1. The maximum atomic E-state index is 14.1. The van der Waals surface area contributed by atoms with Crippen molar-refractivity contribution in [1.29, 1.82) is 0 Å². The van der Waals surface area contributed by atoms with Crippen molar-refractivity contribution in [1.82, 2.24) is 15.2 Å². The van der Waals surface area contributed by atoms with Crippen molar-refractivity contribution in [3.63, 3.8) is 0 Å². The molecular weight excluding hydrogens is 516 g/mol. The summed E-state index contributed by atoms with van der Waals surface area (Å²) >= 11 is 0. The predicted octanol–water partition coefficient (Wildman–Crippen LogP) is 3.77. The molecule has 2 heterocycles. The Labute approximate surface area is 236 Å². The van der Waals surface area contributed by atoms with Gasteiger partial charge < -0.3 is 25.7 Å². The fourth-order valence-corrected chi connectivity index (χ4v) is 5.26. The third-order valence-electron chi connectivity index (χ3n) is 7.27. The molecule has 0 spiro atoms. The fraction of sp³-hybridized carbons (Fsp3) is 0.433. The van der Waals surface area contributed by atoms with E-state index < -0.39 is 22.9 Å². The van der Waals surface area contributed by atoms with Crippen molar-refractivity contribution in [3.8, 4) is 0 Å². The predicted molar refractivity (Wildman–Crippen MR) is 154 cm³/mol. The minimum Gasteiger partial charge on any atom is -0.466 e. The van der Waals surface area contributed by atoms with Gasteiger partial charge in [0.25, 0.3) is 0 Å². The van der Waals surface area contributed by atoms with Gasteiger partial charge in [-0.15, -0.1) is 12.4 Å². The van der Waals surface area contributed by atoms with Crippen molar-refractivity contribution in [3.05, 3.63) is 71.9 Å². The molecule has 1 saturated heterocycles. The third kappa shape index (κ3) is 6.99. The molecule has 0 saturated carbocycles. The lowest BCUT2D eigenvalue weighted by molar-refractivity contribution is -0.161. The number of piperidine rings is 1. The number of hydrogen-bond donors (Lipinski definition) is 3. The molecule has 4 N–H and O–H groups in total. The summed E-state index contributed by atoms with van der Waals surface area (Å²) in [5, 5.41) is 3.90. The van der Waals surface area contributed by atoms with Crippen molar-refractivity contribution in [2.75, 3.05) is 19.7 Å². The molecule has 39 heavy (non-hydrogen) atoms. The summed E-state index contributed by atoms with van der Waals surface area (Å²) in [5.74, 6) is -0.926. The number of rotatable bonds is 9. The Morgan fingerprint density at radius 3 is 2.51 bits per heavy atom. The van der Waals surface area contributed by atoms with Gasteiger partial charge in [0.1, 0.15) is 6.04 Å². The first-order valence-electron chi connectivity index (χ1n) is 13.3. The number of nitrogens with one attached hydrogen (secondary N) is 2.